The van der Waals surface area contributed by atoms with Crippen molar-refractivity contribution >= 4 is 0 Å². The van der Waals surface area contributed by atoms with Crippen LogP contribution < -0.4 is 40.1 Å². The molecule has 0 radical (unpaired) electrons. The minimum absolute atomic E-state index is 0.0236. The van der Waals surface area contributed by atoms with Gasteiger partial charge in [0.25, 0.3) is 0 Å². The zero-order valence-corrected chi connectivity index (χ0v) is 23.7. The summed E-state index contributed by atoms with van der Waals surface area (Å²) in [5, 5.41) is 62.7. The Morgan fingerprint density at radius 1 is 0.535 bits per heavy atom. The van der Waals surface area contributed by atoms with Gasteiger partial charge in [0.1, 0.15) is 54.9 Å². The number of aliphatic hydroxyl groups is 6. The van der Waals surface area contributed by atoms with Gasteiger partial charge in [-0.25, -0.2) is 0 Å². The van der Waals surface area contributed by atoms with E-state index in [1.807, 2.05) is 0 Å². The summed E-state index contributed by atoms with van der Waals surface area (Å²) in [6.45, 7) is -0.709. The summed E-state index contributed by atoms with van der Waals surface area (Å²) in [5.74, 6) is 0. The maximum absolute atomic E-state index is 11.3. The molecule has 0 bridgehead atoms. The van der Waals surface area contributed by atoms with E-state index >= 15 is 0 Å². The average Bonchev–Trinajstić information content (AvgIpc) is 2.97. The van der Waals surface area contributed by atoms with E-state index in [2.05, 4.69) is 0 Å². The summed E-state index contributed by atoms with van der Waals surface area (Å²) in [6, 6.07) is -4.58. The van der Waals surface area contributed by atoms with Crippen LogP contribution in [0.25, 0.3) is 0 Å². The Bertz CT molecular complexity index is 885. The second-order valence-electron chi connectivity index (χ2n) is 11.7. The lowest BCUT2D eigenvalue weighted by molar-refractivity contribution is -0.343. The van der Waals surface area contributed by atoms with Crippen molar-refractivity contribution in [3.8, 4) is 0 Å². The number of ether oxygens (including phenoxy) is 6. The first kappa shape index (κ1) is 35.1. The van der Waals surface area contributed by atoms with E-state index in [9.17, 15) is 30.6 Å². The van der Waals surface area contributed by atoms with E-state index in [1.54, 1.807) is 0 Å². The molecule has 1 aliphatic carbocycles. The number of rotatable bonds is 9. The average molecular weight is 628 g/mol. The molecule has 0 aromatic carbocycles. The minimum Gasteiger partial charge on any atom is -0.394 e. The molecule has 0 unspecified atom stereocenters. The van der Waals surface area contributed by atoms with Gasteiger partial charge in [0.15, 0.2) is 18.9 Å². The molecule has 0 aromatic rings. The van der Waals surface area contributed by atoms with Crippen molar-refractivity contribution in [2.24, 2.45) is 40.1 Å². The van der Waals surface area contributed by atoms with Crippen LogP contribution in [0.15, 0.2) is 0 Å². The lowest BCUT2D eigenvalue weighted by atomic mass is 9.84. The maximum Gasteiger partial charge on any atom is 0.187 e. The monoisotopic (exact) mass is 627 g/mol. The largest absolute Gasteiger partial charge is 0.394 e. The molecular weight excluding hydrogens is 578 g/mol. The van der Waals surface area contributed by atoms with Crippen molar-refractivity contribution in [1.29, 1.82) is 0 Å². The molecule has 0 aromatic heterocycles. The summed E-state index contributed by atoms with van der Waals surface area (Å²) in [4.78, 5) is 0. The predicted molar refractivity (Wildman–Crippen MR) is 145 cm³/mol. The highest BCUT2D eigenvalue weighted by Crippen LogP contribution is 2.32. The van der Waals surface area contributed by atoms with E-state index < -0.39 is 123 Å². The molecule has 3 heterocycles. The highest BCUT2D eigenvalue weighted by Gasteiger charge is 2.52. The Morgan fingerprint density at radius 3 is 1.63 bits per heavy atom. The molecule has 3 aliphatic heterocycles. The summed E-state index contributed by atoms with van der Waals surface area (Å²) in [6.07, 6.45) is -16.7. The molecule has 19 heteroatoms. The summed E-state index contributed by atoms with van der Waals surface area (Å²) in [5.41, 5.74) is 42.3. The summed E-state index contributed by atoms with van der Waals surface area (Å²) >= 11 is 0. The van der Waals surface area contributed by atoms with Crippen molar-refractivity contribution in [2.45, 2.75) is 129 Å². The van der Waals surface area contributed by atoms with Gasteiger partial charge in [-0.15, -0.1) is 0 Å². The van der Waals surface area contributed by atoms with Crippen molar-refractivity contribution in [1.82, 2.24) is 0 Å². The molecule has 4 rings (SSSR count). The Labute approximate surface area is 248 Å². The first-order valence-corrected chi connectivity index (χ1v) is 14.4. The quantitative estimate of drug-likeness (QED) is 0.113. The third-order valence-corrected chi connectivity index (χ3v) is 8.67. The fraction of sp³-hybridized carbons (Fsp3) is 1.00. The molecule has 1 saturated carbocycles. The van der Waals surface area contributed by atoms with Crippen LogP contribution in [0.4, 0.5) is 0 Å². The number of hydrogen-bond donors (Lipinski definition) is 13. The highest BCUT2D eigenvalue weighted by atomic mass is 16.7. The van der Waals surface area contributed by atoms with Gasteiger partial charge in [0.2, 0.25) is 0 Å². The van der Waals surface area contributed by atoms with E-state index in [1.165, 1.54) is 0 Å². The van der Waals surface area contributed by atoms with Gasteiger partial charge < -0.3 is 99.2 Å². The van der Waals surface area contributed by atoms with Crippen LogP contribution in [-0.2, 0) is 28.4 Å². The second kappa shape index (κ2) is 14.8. The standard InChI is InChI=1S/C24H49N7O12/c25-3-10-9(33)2-8(29)22(38-10)41-19-6(27)1-7(28)20(18(19)37)42-23-16(35)14(31)21(11(4-26)39-23)43-24-17(36)15(34)13(30)12(5-32)40-24/h6-24,32-37H,1-5,25-31H2/t6-,7+,8+,9-,10+,11+,12+,13+,14+,15-,16+,17+,18-,19+,20-,21+,22+,23-,24+/m0/s1. The zero-order chi connectivity index (χ0) is 31.7. The maximum atomic E-state index is 11.3. The molecule has 4 aliphatic rings. The smallest absolute Gasteiger partial charge is 0.187 e. The van der Waals surface area contributed by atoms with Gasteiger partial charge in [-0.1, -0.05) is 0 Å². The molecule has 252 valence electrons. The Balaban J connectivity index is 1.43. The first-order valence-electron chi connectivity index (χ1n) is 14.4. The van der Waals surface area contributed by atoms with Crippen molar-refractivity contribution in [2.75, 3.05) is 19.7 Å². The molecule has 0 amide bonds. The van der Waals surface area contributed by atoms with Crippen LogP contribution in [0.3, 0.4) is 0 Å². The summed E-state index contributed by atoms with van der Waals surface area (Å²) < 4.78 is 34.8. The van der Waals surface area contributed by atoms with Crippen LogP contribution in [-0.4, -0.2) is 167 Å². The Kier molecular flexibility index (Phi) is 12.1. The number of nitrogens with two attached hydrogens (primary N) is 7. The molecule has 3 saturated heterocycles. The van der Waals surface area contributed by atoms with Gasteiger partial charge in [-0.3, -0.25) is 0 Å². The lowest BCUT2D eigenvalue weighted by Crippen LogP contribution is -2.70. The Morgan fingerprint density at radius 2 is 1.05 bits per heavy atom. The second-order valence-corrected chi connectivity index (χ2v) is 11.7. The molecule has 19 atom stereocenters. The minimum atomic E-state index is -1.60. The molecule has 43 heavy (non-hydrogen) atoms. The predicted octanol–water partition coefficient (Wildman–Crippen LogP) is -8.54. The SMILES string of the molecule is NC[C@H]1O[C@@H](O[C@@H]2[C@@H](O)[C@H](O[C@H]3O[C@H](CN)[C@@H](O)C[C@H]3N)[C@@H](N)C[C@H]2N)[C@H](O)[C@@H](N)[C@@H]1O[C@H]1O[C@H](CO)[C@@H](N)[C@H](O)[C@H]1O. The van der Waals surface area contributed by atoms with Gasteiger partial charge >= 0.3 is 0 Å². The molecule has 20 N–H and O–H groups in total. The molecule has 19 nitrogen and oxygen atoms in total. The van der Waals surface area contributed by atoms with E-state index in [0.717, 1.165) is 0 Å². The first-order chi connectivity index (χ1) is 20.3. The molecular formula is C24H49N7O12. The van der Waals surface area contributed by atoms with Crippen LogP contribution in [0.2, 0.25) is 0 Å². The number of aliphatic hydroxyl groups excluding tert-OH is 6. The zero-order valence-electron chi connectivity index (χ0n) is 23.7. The summed E-state index contributed by atoms with van der Waals surface area (Å²) in [7, 11) is 0. The van der Waals surface area contributed by atoms with Gasteiger partial charge in [0.05, 0.1) is 36.9 Å². The van der Waals surface area contributed by atoms with Gasteiger partial charge in [-0.2, -0.15) is 0 Å². The third kappa shape index (κ3) is 7.30. The van der Waals surface area contributed by atoms with Crippen LogP contribution >= 0.6 is 0 Å². The van der Waals surface area contributed by atoms with E-state index in [0.29, 0.717) is 0 Å². The Hall–Kier alpha value is -0.760. The topological polar surface area (TPSA) is 359 Å². The van der Waals surface area contributed by atoms with E-state index in [-0.39, 0.29) is 25.9 Å². The van der Waals surface area contributed by atoms with Crippen LogP contribution in [0.5, 0.6) is 0 Å². The number of hydrogen-bond acceptors (Lipinski definition) is 19. The third-order valence-electron chi connectivity index (χ3n) is 8.67. The van der Waals surface area contributed by atoms with Crippen molar-refractivity contribution in [3.05, 3.63) is 0 Å². The lowest BCUT2D eigenvalue weighted by Gasteiger charge is -2.49. The van der Waals surface area contributed by atoms with E-state index in [4.69, 9.17) is 68.6 Å². The van der Waals surface area contributed by atoms with Crippen molar-refractivity contribution < 1.29 is 59.1 Å². The van der Waals surface area contributed by atoms with Gasteiger partial charge in [-0.05, 0) is 12.8 Å². The normalized spacial score (nSPS) is 53.1. The van der Waals surface area contributed by atoms with Crippen LogP contribution in [0, 0.1) is 0 Å². The molecule has 0 spiro atoms. The van der Waals surface area contributed by atoms with Gasteiger partial charge in [0, 0.05) is 25.2 Å². The van der Waals surface area contributed by atoms with Crippen LogP contribution in [0.1, 0.15) is 12.8 Å². The fourth-order valence-corrected chi connectivity index (χ4v) is 6.02. The molecule has 4 fully saturated rings. The fourth-order valence-electron chi connectivity index (χ4n) is 6.02. The van der Waals surface area contributed by atoms with Crippen molar-refractivity contribution in [3.63, 3.8) is 0 Å². The highest BCUT2D eigenvalue weighted by molar-refractivity contribution is 5.02.